The Morgan fingerprint density at radius 2 is 1.32 bits per heavy atom. The van der Waals surface area contributed by atoms with Crippen LogP contribution in [0.5, 0.6) is 0 Å². The molecule has 0 aliphatic carbocycles. The van der Waals surface area contributed by atoms with E-state index in [1.54, 1.807) is 6.21 Å². The molecule has 5 aromatic rings. The number of hydrazone groups is 1. The predicted molar refractivity (Wildman–Crippen MR) is 140 cm³/mol. The zero-order valence-electron chi connectivity index (χ0n) is 18.8. The van der Waals surface area contributed by atoms with Gasteiger partial charge in [-0.15, -0.1) is 0 Å². The number of rotatable bonds is 7. The van der Waals surface area contributed by atoms with Crippen LogP contribution < -0.4 is 5.43 Å². The van der Waals surface area contributed by atoms with Gasteiger partial charge in [-0.25, -0.2) is 5.43 Å². The van der Waals surface area contributed by atoms with E-state index in [-0.39, 0.29) is 5.91 Å². The van der Waals surface area contributed by atoms with Gasteiger partial charge >= 0.3 is 0 Å². The molecule has 4 heteroatoms. The molecule has 4 aromatic carbocycles. The minimum atomic E-state index is -0.120. The lowest BCUT2D eigenvalue weighted by Crippen LogP contribution is -2.19. The maximum Gasteiger partial charge on any atom is 0.241 e. The monoisotopic (exact) mass is 443 g/mol. The zero-order chi connectivity index (χ0) is 23.2. The lowest BCUT2D eigenvalue weighted by atomic mass is 9.98. The standard InChI is InChI=1S/C30H25N3O/c34-28(32-31-22-23-12-4-1-5-13-23)20-21-33-27-19-11-10-18-26(27)29(24-14-6-2-7-15-24)30(33)25-16-8-3-9-17-25/h1-19,22H,20-21H2,(H,32,34). The van der Waals surface area contributed by atoms with Crippen molar-refractivity contribution in [2.24, 2.45) is 5.10 Å². The van der Waals surface area contributed by atoms with Gasteiger partial charge in [-0.1, -0.05) is 109 Å². The summed E-state index contributed by atoms with van der Waals surface area (Å²) in [6, 6.07) is 38.9. The van der Waals surface area contributed by atoms with Crippen molar-refractivity contribution in [2.45, 2.75) is 13.0 Å². The van der Waals surface area contributed by atoms with Crippen LogP contribution in [0.3, 0.4) is 0 Å². The van der Waals surface area contributed by atoms with Crippen LogP contribution in [0.4, 0.5) is 0 Å². The fourth-order valence-electron chi connectivity index (χ4n) is 4.32. The maximum atomic E-state index is 12.6. The molecule has 1 aromatic heterocycles. The lowest BCUT2D eigenvalue weighted by molar-refractivity contribution is -0.121. The van der Waals surface area contributed by atoms with Gasteiger partial charge in [-0.2, -0.15) is 5.10 Å². The fraction of sp³-hybridized carbons (Fsp3) is 0.0667. The molecule has 0 spiro atoms. The van der Waals surface area contributed by atoms with Crippen molar-refractivity contribution in [3.63, 3.8) is 0 Å². The Hall–Kier alpha value is -4.44. The number of nitrogens with one attached hydrogen (secondary N) is 1. The maximum absolute atomic E-state index is 12.6. The Labute approximate surface area is 199 Å². The smallest absolute Gasteiger partial charge is 0.241 e. The average molecular weight is 444 g/mol. The van der Waals surface area contributed by atoms with Crippen molar-refractivity contribution >= 4 is 23.0 Å². The molecular weight excluding hydrogens is 418 g/mol. The van der Waals surface area contributed by atoms with Gasteiger partial charge in [0, 0.05) is 29.4 Å². The molecule has 0 atom stereocenters. The van der Waals surface area contributed by atoms with Gasteiger partial charge in [0.25, 0.3) is 0 Å². The van der Waals surface area contributed by atoms with Crippen LogP contribution in [0.2, 0.25) is 0 Å². The third-order valence-electron chi connectivity index (χ3n) is 5.85. The Morgan fingerprint density at radius 3 is 2.03 bits per heavy atom. The van der Waals surface area contributed by atoms with E-state index in [1.807, 2.05) is 48.5 Å². The second kappa shape index (κ2) is 10.0. The predicted octanol–water partition coefficient (Wildman–Crippen LogP) is 6.52. The summed E-state index contributed by atoms with van der Waals surface area (Å²) in [7, 11) is 0. The van der Waals surface area contributed by atoms with Crippen LogP contribution >= 0.6 is 0 Å². The Balaban J connectivity index is 1.49. The van der Waals surface area contributed by atoms with Crippen LogP contribution in [0.15, 0.2) is 120 Å². The highest BCUT2D eigenvalue weighted by Crippen LogP contribution is 2.40. The summed E-state index contributed by atoms with van der Waals surface area (Å²) in [6.07, 6.45) is 1.98. The van der Waals surface area contributed by atoms with Crippen molar-refractivity contribution in [1.82, 2.24) is 9.99 Å². The fourth-order valence-corrected chi connectivity index (χ4v) is 4.32. The number of carbonyl (C=O) groups excluding carboxylic acids is 1. The van der Waals surface area contributed by atoms with Crippen LogP contribution in [0.1, 0.15) is 12.0 Å². The highest BCUT2D eigenvalue weighted by molar-refractivity contribution is 6.04. The first-order valence-corrected chi connectivity index (χ1v) is 11.4. The van der Waals surface area contributed by atoms with Crippen molar-refractivity contribution in [3.05, 3.63) is 121 Å². The lowest BCUT2D eigenvalue weighted by Gasteiger charge is -2.13. The number of fused-ring (bicyclic) bond motifs is 1. The first-order chi connectivity index (χ1) is 16.8. The molecule has 0 saturated heterocycles. The third kappa shape index (κ3) is 4.52. The quantitative estimate of drug-likeness (QED) is 0.226. The molecule has 1 amide bonds. The Kier molecular flexibility index (Phi) is 6.30. The van der Waals surface area contributed by atoms with Gasteiger partial charge in [0.15, 0.2) is 0 Å². The molecular formula is C30H25N3O. The second-order valence-corrected chi connectivity index (χ2v) is 8.08. The number of para-hydroxylation sites is 1. The van der Waals surface area contributed by atoms with E-state index >= 15 is 0 Å². The summed E-state index contributed by atoms with van der Waals surface area (Å²) >= 11 is 0. The first kappa shape index (κ1) is 21.4. The minimum Gasteiger partial charge on any atom is -0.339 e. The molecule has 0 unspecified atom stereocenters. The first-order valence-electron chi connectivity index (χ1n) is 11.4. The molecule has 0 aliphatic heterocycles. The van der Waals surface area contributed by atoms with Gasteiger partial charge in [0.2, 0.25) is 5.91 Å². The van der Waals surface area contributed by atoms with E-state index in [2.05, 4.69) is 81.8 Å². The van der Waals surface area contributed by atoms with E-state index in [9.17, 15) is 4.79 Å². The number of amides is 1. The Bertz CT molecular complexity index is 1420. The third-order valence-corrected chi connectivity index (χ3v) is 5.85. The Morgan fingerprint density at radius 1 is 0.735 bits per heavy atom. The molecule has 0 radical (unpaired) electrons. The van der Waals surface area contributed by atoms with Gasteiger partial charge in [0.1, 0.15) is 0 Å². The number of benzene rings is 4. The van der Waals surface area contributed by atoms with E-state index in [4.69, 9.17) is 0 Å². The molecule has 1 N–H and O–H groups in total. The van der Waals surface area contributed by atoms with Crippen molar-refractivity contribution in [3.8, 4) is 22.4 Å². The number of aromatic nitrogens is 1. The number of hydrogen-bond acceptors (Lipinski definition) is 2. The van der Waals surface area contributed by atoms with Crippen LogP contribution in [0, 0.1) is 0 Å². The molecule has 0 bridgehead atoms. The summed E-state index contributed by atoms with van der Waals surface area (Å²) in [5, 5.41) is 5.29. The van der Waals surface area contributed by atoms with Gasteiger partial charge in [-0.3, -0.25) is 4.79 Å². The number of hydrogen-bond donors (Lipinski definition) is 1. The summed E-state index contributed by atoms with van der Waals surface area (Å²) in [5.41, 5.74) is 9.31. The summed E-state index contributed by atoms with van der Waals surface area (Å²) in [4.78, 5) is 12.6. The SMILES string of the molecule is O=C(CCn1c(-c2ccccc2)c(-c2ccccc2)c2ccccc21)NN=Cc1ccccc1. The zero-order valence-corrected chi connectivity index (χ0v) is 18.8. The molecule has 0 saturated carbocycles. The van der Waals surface area contributed by atoms with E-state index in [0.29, 0.717) is 13.0 Å². The van der Waals surface area contributed by atoms with Crippen molar-refractivity contribution < 1.29 is 4.79 Å². The van der Waals surface area contributed by atoms with Gasteiger partial charge < -0.3 is 4.57 Å². The molecule has 5 rings (SSSR count). The van der Waals surface area contributed by atoms with E-state index < -0.39 is 0 Å². The highest BCUT2D eigenvalue weighted by Gasteiger charge is 2.20. The molecule has 34 heavy (non-hydrogen) atoms. The van der Waals surface area contributed by atoms with Crippen LogP contribution in [-0.4, -0.2) is 16.7 Å². The number of carbonyl (C=O) groups is 1. The summed E-state index contributed by atoms with van der Waals surface area (Å²) in [6.45, 7) is 0.546. The molecule has 0 fully saturated rings. The molecule has 1 heterocycles. The minimum absolute atomic E-state index is 0.120. The molecule has 166 valence electrons. The summed E-state index contributed by atoms with van der Waals surface area (Å²) < 4.78 is 2.26. The van der Waals surface area contributed by atoms with Gasteiger partial charge in [-0.05, 0) is 22.8 Å². The average Bonchev–Trinajstić information content (AvgIpc) is 3.23. The second-order valence-electron chi connectivity index (χ2n) is 8.08. The normalized spacial score (nSPS) is 11.2. The number of nitrogens with zero attached hydrogens (tertiary/aromatic N) is 2. The largest absolute Gasteiger partial charge is 0.339 e. The van der Waals surface area contributed by atoms with Gasteiger partial charge in [0.05, 0.1) is 11.9 Å². The van der Waals surface area contributed by atoms with Crippen molar-refractivity contribution in [1.29, 1.82) is 0 Å². The topological polar surface area (TPSA) is 46.4 Å². The van der Waals surface area contributed by atoms with Crippen LogP contribution in [-0.2, 0) is 11.3 Å². The number of aryl methyl sites for hydroxylation is 1. The summed E-state index contributed by atoms with van der Waals surface area (Å²) in [5.74, 6) is -0.120. The van der Waals surface area contributed by atoms with E-state index in [1.165, 1.54) is 10.9 Å². The molecule has 0 aliphatic rings. The molecule has 4 nitrogen and oxygen atoms in total. The van der Waals surface area contributed by atoms with Crippen molar-refractivity contribution in [2.75, 3.05) is 0 Å². The van der Waals surface area contributed by atoms with Crippen LogP contribution in [0.25, 0.3) is 33.3 Å². The highest BCUT2D eigenvalue weighted by atomic mass is 16.2. The van der Waals surface area contributed by atoms with E-state index in [0.717, 1.165) is 27.9 Å².